The number of hydrogen-bond acceptors (Lipinski definition) is 5. The molecule has 2 aromatic rings. The molecule has 1 aliphatic carbocycles. The van der Waals surface area contributed by atoms with E-state index in [1.165, 1.54) is 0 Å². The summed E-state index contributed by atoms with van der Waals surface area (Å²) in [4.78, 5) is 38.1. The summed E-state index contributed by atoms with van der Waals surface area (Å²) in [7, 11) is 0. The van der Waals surface area contributed by atoms with Crippen molar-refractivity contribution in [3.05, 3.63) is 66.2 Å². The van der Waals surface area contributed by atoms with E-state index in [1.54, 1.807) is 43.3 Å². The SMILES string of the molecule is CCOC(=O)[C@]12C[C@H](Oc3ccccc3)[C@@]1(c1ccccc1)NC(=O)C2=O. The Balaban J connectivity index is 1.84. The number of nitrogens with one attached hydrogen (secondary N) is 1. The van der Waals surface area contributed by atoms with Crippen molar-refractivity contribution in [2.75, 3.05) is 6.61 Å². The molecule has 4 rings (SSSR count). The number of hydrogen-bond donors (Lipinski definition) is 1. The highest BCUT2D eigenvalue weighted by Crippen LogP contribution is 2.61. The number of fused-ring (bicyclic) bond motifs is 1. The molecule has 0 unspecified atom stereocenters. The zero-order valence-electron chi connectivity index (χ0n) is 14.8. The summed E-state index contributed by atoms with van der Waals surface area (Å²) in [5, 5.41) is 2.77. The Kier molecular flexibility index (Phi) is 3.98. The molecule has 0 spiro atoms. The zero-order valence-corrected chi connectivity index (χ0v) is 14.8. The Morgan fingerprint density at radius 3 is 2.33 bits per heavy atom. The fraction of sp³-hybridized carbons (Fsp3) is 0.286. The molecule has 0 radical (unpaired) electrons. The van der Waals surface area contributed by atoms with Gasteiger partial charge in [0.1, 0.15) is 17.4 Å². The van der Waals surface area contributed by atoms with E-state index in [0.29, 0.717) is 11.3 Å². The quantitative estimate of drug-likeness (QED) is 0.498. The van der Waals surface area contributed by atoms with E-state index in [2.05, 4.69) is 5.32 Å². The molecule has 3 atom stereocenters. The van der Waals surface area contributed by atoms with E-state index in [1.807, 2.05) is 24.3 Å². The van der Waals surface area contributed by atoms with Gasteiger partial charge in [-0.1, -0.05) is 48.5 Å². The Morgan fingerprint density at radius 2 is 1.70 bits per heavy atom. The minimum atomic E-state index is -1.61. The van der Waals surface area contributed by atoms with Gasteiger partial charge >= 0.3 is 5.97 Å². The smallest absolute Gasteiger partial charge is 0.323 e. The lowest BCUT2D eigenvalue weighted by Gasteiger charge is -2.56. The average molecular weight is 365 g/mol. The van der Waals surface area contributed by atoms with Crippen LogP contribution >= 0.6 is 0 Å². The highest BCUT2D eigenvalue weighted by atomic mass is 16.5. The third-order valence-corrected chi connectivity index (χ3v) is 5.43. The zero-order chi connectivity index (χ0) is 19.1. The summed E-state index contributed by atoms with van der Waals surface area (Å²) in [6.45, 7) is 1.79. The average Bonchev–Trinajstić information content (AvgIpc) is 2.86. The second-order valence-electron chi connectivity index (χ2n) is 6.71. The number of ketones is 1. The molecule has 138 valence electrons. The maximum Gasteiger partial charge on any atom is 0.323 e. The van der Waals surface area contributed by atoms with Crippen LogP contribution in [0.1, 0.15) is 18.9 Å². The Bertz CT molecular complexity index is 897. The van der Waals surface area contributed by atoms with Crippen molar-refractivity contribution in [1.82, 2.24) is 5.32 Å². The van der Waals surface area contributed by atoms with Crippen LogP contribution in [-0.2, 0) is 24.7 Å². The first kappa shape index (κ1) is 17.3. The first-order valence-corrected chi connectivity index (χ1v) is 8.87. The number of ether oxygens (including phenoxy) is 2. The van der Waals surface area contributed by atoms with Crippen LogP contribution in [0.25, 0.3) is 0 Å². The second kappa shape index (κ2) is 6.23. The maximum atomic E-state index is 12.9. The molecule has 27 heavy (non-hydrogen) atoms. The number of Topliss-reactive ketones (excluding diaryl/α,β-unsaturated/α-hetero) is 1. The Morgan fingerprint density at radius 1 is 1.07 bits per heavy atom. The maximum absolute atomic E-state index is 12.9. The van der Waals surface area contributed by atoms with Crippen LogP contribution in [0.3, 0.4) is 0 Å². The molecular formula is C21H19NO5. The van der Waals surface area contributed by atoms with Gasteiger partial charge in [0.2, 0.25) is 5.78 Å². The van der Waals surface area contributed by atoms with Crippen molar-refractivity contribution in [3.8, 4) is 5.75 Å². The van der Waals surface area contributed by atoms with Crippen molar-refractivity contribution in [2.24, 2.45) is 5.41 Å². The highest BCUT2D eigenvalue weighted by molar-refractivity contribution is 6.45. The molecule has 1 N–H and O–H groups in total. The van der Waals surface area contributed by atoms with Gasteiger partial charge in [-0.2, -0.15) is 0 Å². The van der Waals surface area contributed by atoms with Gasteiger partial charge in [-0.15, -0.1) is 0 Å². The number of para-hydroxylation sites is 1. The third kappa shape index (κ3) is 2.22. The molecule has 1 heterocycles. The normalized spacial score (nSPS) is 28.7. The predicted octanol–water partition coefficient (Wildman–Crippen LogP) is 1.98. The number of rotatable bonds is 5. The van der Waals surface area contributed by atoms with Crippen LogP contribution in [-0.4, -0.2) is 30.4 Å². The van der Waals surface area contributed by atoms with E-state index < -0.39 is 34.7 Å². The van der Waals surface area contributed by atoms with E-state index in [0.717, 1.165) is 0 Å². The minimum Gasteiger partial charge on any atom is -0.488 e. The topological polar surface area (TPSA) is 81.7 Å². The largest absolute Gasteiger partial charge is 0.488 e. The molecule has 0 bridgehead atoms. The molecular weight excluding hydrogens is 346 g/mol. The molecule has 2 aromatic carbocycles. The third-order valence-electron chi connectivity index (χ3n) is 5.43. The highest BCUT2D eigenvalue weighted by Gasteiger charge is 2.81. The number of benzene rings is 2. The van der Waals surface area contributed by atoms with Crippen molar-refractivity contribution in [1.29, 1.82) is 0 Å². The second-order valence-corrected chi connectivity index (χ2v) is 6.71. The van der Waals surface area contributed by atoms with Crippen LogP contribution in [0.4, 0.5) is 0 Å². The molecule has 1 amide bonds. The molecule has 1 aliphatic heterocycles. The van der Waals surface area contributed by atoms with Gasteiger partial charge in [0, 0.05) is 6.42 Å². The van der Waals surface area contributed by atoms with Gasteiger partial charge in [0.25, 0.3) is 5.91 Å². The van der Waals surface area contributed by atoms with E-state index >= 15 is 0 Å². The molecule has 6 nitrogen and oxygen atoms in total. The van der Waals surface area contributed by atoms with Gasteiger partial charge in [-0.25, -0.2) is 0 Å². The lowest BCUT2D eigenvalue weighted by atomic mass is 9.50. The van der Waals surface area contributed by atoms with Gasteiger partial charge in [-0.3, -0.25) is 14.4 Å². The molecule has 0 aromatic heterocycles. The fourth-order valence-corrected chi connectivity index (χ4v) is 4.21. The first-order valence-electron chi connectivity index (χ1n) is 8.87. The first-order chi connectivity index (χ1) is 13.1. The van der Waals surface area contributed by atoms with Gasteiger partial charge in [0.15, 0.2) is 5.41 Å². The number of amides is 1. The standard InChI is InChI=1S/C21H19NO5/c1-2-26-19(25)20-13-16(27-15-11-7-4-8-12-15)21(20,22-18(24)17(20)23)14-9-5-3-6-10-14/h3-12,16H,2,13H2,1H3,(H,22,24)/t16-,20+,21+/m0/s1. The summed E-state index contributed by atoms with van der Waals surface area (Å²) in [6, 6.07) is 18.1. The number of carbonyl (C=O) groups is 3. The van der Waals surface area contributed by atoms with Crippen LogP contribution in [0.5, 0.6) is 5.75 Å². The molecule has 1 saturated heterocycles. The van der Waals surface area contributed by atoms with Crippen LogP contribution in [0, 0.1) is 5.41 Å². The van der Waals surface area contributed by atoms with Crippen molar-refractivity contribution < 1.29 is 23.9 Å². The van der Waals surface area contributed by atoms with E-state index in [-0.39, 0.29) is 13.0 Å². The summed E-state index contributed by atoms with van der Waals surface area (Å²) >= 11 is 0. The van der Waals surface area contributed by atoms with Gasteiger partial charge < -0.3 is 14.8 Å². The van der Waals surface area contributed by atoms with Crippen molar-refractivity contribution >= 4 is 17.7 Å². The lowest BCUT2D eigenvalue weighted by Crippen LogP contribution is -2.73. The lowest BCUT2D eigenvalue weighted by molar-refractivity contribution is -0.187. The Labute approximate surface area is 156 Å². The van der Waals surface area contributed by atoms with Crippen LogP contribution in [0.15, 0.2) is 60.7 Å². The van der Waals surface area contributed by atoms with Crippen LogP contribution in [0.2, 0.25) is 0 Å². The molecule has 6 heteroatoms. The molecule has 2 aliphatic rings. The summed E-state index contributed by atoms with van der Waals surface area (Å²) in [6.07, 6.45) is -0.505. The summed E-state index contributed by atoms with van der Waals surface area (Å²) < 4.78 is 11.3. The van der Waals surface area contributed by atoms with Gasteiger partial charge in [0.05, 0.1) is 6.61 Å². The summed E-state index contributed by atoms with van der Waals surface area (Å²) in [5.41, 5.74) is -2.25. The monoisotopic (exact) mass is 365 g/mol. The summed E-state index contributed by atoms with van der Waals surface area (Å²) in [5.74, 6) is -1.64. The predicted molar refractivity (Wildman–Crippen MR) is 95.8 cm³/mol. The van der Waals surface area contributed by atoms with Crippen molar-refractivity contribution in [2.45, 2.75) is 25.0 Å². The fourth-order valence-electron chi connectivity index (χ4n) is 4.21. The minimum absolute atomic E-state index is 0.0766. The molecule has 1 saturated carbocycles. The van der Waals surface area contributed by atoms with Crippen LogP contribution < -0.4 is 10.1 Å². The van der Waals surface area contributed by atoms with Crippen molar-refractivity contribution in [3.63, 3.8) is 0 Å². The van der Waals surface area contributed by atoms with Gasteiger partial charge in [-0.05, 0) is 24.6 Å². The molecule has 2 fully saturated rings. The number of esters is 1. The van der Waals surface area contributed by atoms with E-state index in [4.69, 9.17) is 9.47 Å². The number of carbonyl (C=O) groups excluding carboxylic acids is 3. The van der Waals surface area contributed by atoms with E-state index in [9.17, 15) is 14.4 Å². The Hall–Kier alpha value is -3.15.